The van der Waals surface area contributed by atoms with E-state index in [1.54, 1.807) is 18.7 Å². The molecule has 1 aromatic rings. The van der Waals surface area contributed by atoms with Crippen LogP contribution >= 0.6 is 0 Å². The second kappa shape index (κ2) is 8.51. The summed E-state index contributed by atoms with van der Waals surface area (Å²) < 4.78 is 51.3. The Kier molecular flexibility index (Phi) is 6.94. The number of likely N-dealkylation sites (tertiary alicyclic amines) is 1. The number of hydrogen-bond donors (Lipinski definition) is 1. The molecule has 0 atom stereocenters. The van der Waals surface area contributed by atoms with Crippen LogP contribution in [0.25, 0.3) is 0 Å². The molecule has 0 spiro atoms. The molecule has 1 fully saturated rings. The first-order chi connectivity index (χ1) is 12.8. The van der Waals surface area contributed by atoms with Crippen molar-refractivity contribution in [1.29, 1.82) is 0 Å². The molecule has 7 nitrogen and oxygen atoms in total. The molecular formula is C19H30N2O5S2. The highest BCUT2D eigenvalue weighted by molar-refractivity contribution is 7.91. The fraction of sp³-hybridized carbons (Fsp3) is 0.632. The summed E-state index contributed by atoms with van der Waals surface area (Å²) >= 11 is 0. The molecule has 0 saturated carbocycles. The molecule has 9 heteroatoms. The molecule has 0 aromatic heterocycles. The van der Waals surface area contributed by atoms with Crippen molar-refractivity contribution in [3.05, 3.63) is 28.3 Å². The number of nitrogens with zero attached hydrogens (tertiary/aromatic N) is 1. The second-order valence-corrected chi connectivity index (χ2v) is 11.7. The Bertz CT molecular complexity index is 934. The van der Waals surface area contributed by atoms with E-state index in [0.29, 0.717) is 37.1 Å². The monoisotopic (exact) mass is 430 g/mol. The number of benzene rings is 1. The number of hydrogen-bond acceptors (Lipinski definition) is 5. The van der Waals surface area contributed by atoms with Crippen molar-refractivity contribution in [2.24, 2.45) is 0 Å². The molecule has 28 heavy (non-hydrogen) atoms. The molecule has 1 amide bonds. The number of carbonyl (C=O) groups is 1. The molecule has 0 unspecified atom stereocenters. The van der Waals surface area contributed by atoms with Crippen molar-refractivity contribution < 1.29 is 21.6 Å². The Balaban J connectivity index is 1.97. The zero-order chi connectivity index (χ0) is 21.3. The molecule has 2 rings (SSSR count). The van der Waals surface area contributed by atoms with Gasteiger partial charge in [0.25, 0.3) is 0 Å². The molecule has 1 aliphatic heterocycles. The maximum absolute atomic E-state index is 12.8. The highest BCUT2D eigenvalue weighted by atomic mass is 32.2. The van der Waals surface area contributed by atoms with Crippen LogP contribution in [0, 0.1) is 27.7 Å². The van der Waals surface area contributed by atoms with E-state index in [1.165, 1.54) is 6.26 Å². The summed E-state index contributed by atoms with van der Waals surface area (Å²) in [6.45, 7) is 8.12. The molecule has 0 aliphatic carbocycles. The minimum atomic E-state index is -3.72. The third kappa shape index (κ3) is 5.12. The molecule has 1 saturated heterocycles. The van der Waals surface area contributed by atoms with E-state index in [4.69, 9.17) is 0 Å². The standard InChI is InChI=1S/C19H30N2O5S2/c1-13-12-14(2)16(4)19(15(13)3)28(25,26)20-9-6-18(22)21-10-7-17(8-11-21)27(5,23)24/h12,17,20H,6-11H2,1-5H3. The van der Waals surface area contributed by atoms with Crippen molar-refractivity contribution in [3.8, 4) is 0 Å². The van der Waals surface area contributed by atoms with Crippen LogP contribution in [-0.2, 0) is 24.7 Å². The van der Waals surface area contributed by atoms with Gasteiger partial charge in [-0.05, 0) is 62.8 Å². The number of piperidine rings is 1. The Morgan fingerprint density at radius 3 is 2.00 bits per heavy atom. The fourth-order valence-corrected chi connectivity index (χ4v) is 6.35. The average molecular weight is 431 g/mol. The third-order valence-corrected chi connectivity index (χ3v) is 9.01. The van der Waals surface area contributed by atoms with Crippen molar-refractivity contribution in [2.45, 2.75) is 57.1 Å². The lowest BCUT2D eigenvalue weighted by atomic mass is 10.0. The lowest BCUT2D eigenvalue weighted by Gasteiger charge is -2.31. The summed E-state index contributed by atoms with van der Waals surface area (Å²) in [6.07, 6.45) is 2.13. The number of amides is 1. The van der Waals surface area contributed by atoms with Gasteiger partial charge in [-0.15, -0.1) is 0 Å². The summed E-state index contributed by atoms with van der Waals surface area (Å²) in [5, 5.41) is -0.398. The highest BCUT2D eigenvalue weighted by Crippen LogP contribution is 2.26. The lowest BCUT2D eigenvalue weighted by Crippen LogP contribution is -2.43. The van der Waals surface area contributed by atoms with Crippen LogP contribution in [0.4, 0.5) is 0 Å². The van der Waals surface area contributed by atoms with Gasteiger partial charge in [-0.2, -0.15) is 0 Å². The van der Waals surface area contributed by atoms with Crippen LogP contribution in [-0.4, -0.2) is 58.8 Å². The van der Waals surface area contributed by atoms with Gasteiger partial charge in [-0.3, -0.25) is 4.79 Å². The second-order valence-electron chi connectivity index (χ2n) is 7.65. The number of sulfone groups is 1. The van der Waals surface area contributed by atoms with Crippen LogP contribution in [0.1, 0.15) is 41.5 Å². The predicted octanol–water partition coefficient (Wildman–Crippen LogP) is 1.62. The maximum Gasteiger partial charge on any atom is 0.241 e. The number of carbonyl (C=O) groups excluding carboxylic acids is 1. The molecule has 1 aliphatic rings. The maximum atomic E-state index is 12.8. The van der Waals surface area contributed by atoms with E-state index < -0.39 is 25.1 Å². The Morgan fingerprint density at radius 1 is 1.04 bits per heavy atom. The SMILES string of the molecule is Cc1cc(C)c(C)c(S(=O)(=O)NCCC(=O)N2CCC(S(C)(=O)=O)CC2)c1C. The van der Waals surface area contributed by atoms with Crippen molar-refractivity contribution in [1.82, 2.24) is 9.62 Å². The summed E-state index contributed by atoms with van der Waals surface area (Å²) in [5.41, 5.74) is 3.25. The quantitative estimate of drug-likeness (QED) is 0.739. The smallest absolute Gasteiger partial charge is 0.241 e. The van der Waals surface area contributed by atoms with Crippen LogP contribution < -0.4 is 4.72 Å². The van der Waals surface area contributed by atoms with Crippen molar-refractivity contribution in [2.75, 3.05) is 25.9 Å². The van der Waals surface area contributed by atoms with E-state index in [1.807, 2.05) is 19.9 Å². The molecule has 0 radical (unpaired) electrons. The van der Waals surface area contributed by atoms with E-state index >= 15 is 0 Å². The van der Waals surface area contributed by atoms with Gasteiger partial charge in [0, 0.05) is 32.3 Å². The van der Waals surface area contributed by atoms with Gasteiger partial charge in [-0.1, -0.05) is 6.07 Å². The number of nitrogens with one attached hydrogen (secondary N) is 1. The van der Waals surface area contributed by atoms with Gasteiger partial charge >= 0.3 is 0 Å². The lowest BCUT2D eigenvalue weighted by molar-refractivity contribution is -0.131. The first-order valence-corrected chi connectivity index (χ1v) is 12.8. The fourth-order valence-electron chi connectivity index (χ4n) is 3.64. The Labute approximate surface area is 168 Å². The molecule has 1 heterocycles. The molecule has 158 valence electrons. The van der Waals surface area contributed by atoms with E-state index in [9.17, 15) is 21.6 Å². The van der Waals surface area contributed by atoms with Gasteiger partial charge in [-0.25, -0.2) is 21.6 Å². The largest absolute Gasteiger partial charge is 0.343 e. The van der Waals surface area contributed by atoms with E-state index in [-0.39, 0.29) is 23.8 Å². The van der Waals surface area contributed by atoms with Gasteiger partial charge in [0.05, 0.1) is 10.1 Å². The molecule has 0 bridgehead atoms. The number of aryl methyl sites for hydroxylation is 2. The normalized spacial score (nSPS) is 16.4. The van der Waals surface area contributed by atoms with Crippen LogP contribution in [0.3, 0.4) is 0 Å². The van der Waals surface area contributed by atoms with Crippen LogP contribution in [0.15, 0.2) is 11.0 Å². The number of rotatable bonds is 6. The summed E-state index contributed by atoms with van der Waals surface area (Å²) in [7, 11) is -6.81. The summed E-state index contributed by atoms with van der Waals surface area (Å²) in [6, 6.07) is 1.97. The minimum Gasteiger partial charge on any atom is -0.343 e. The van der Waals surface area contributed by atoms with Gasteiger partial charge in [0.15, 0.2) is 0 Å². The van der Waals surface area contributed by atoms with Crippen LogP contribution in [0.2, 0.25) is 0 Å². The predicted molar refractivity (Wildman–Crippen MR) is 110 cm³/mol. The Hall–Kier alpha value is -1.45. The zero-order valence-corrected chi connectivity index (χ0v) is 18.8. The summed E-state index contributed by atoms with van der Waals surface area (Å²) in [5.74, 6) is -0.163. The van der Waals surface area contributed by atoms with Gasteiger partial charge in [0.2, 0.25) is 15.9 Å². The molecule has 1 aromatic carbocycles. The van der Waals surface area contributed by atoms with Crippen molar-refractivity contribution in [3.63, 3.8) is 0 Å². The highest BCUT2D eigenvalue weighted by Gasteiger charge is 2.29. The molecule has 1 N–H and O–H groups in total. The van der Waals surface area contributed by atoms with Gasteiger partial charge < -0.3 is 4.90 Å². The third-order valence-electron chi connectivity index (χ3n) is 5.60. The van der Waals surface area contributed by atoms with Crippen molar-refractivity contribution >= 4 is 25.8 Å². The summed E-state index contributed by atoms with van der Waals surface area (Å²) in [4.78, 5) is 14.3. The zero-order valence-electron chi connectivity index (χ0n) is 17.2. The molecular weight excluding hydrogens is 400 g/mol. The van der Waals surface area contributed by atoms with E-state index in [2.05, 4.69) is 4.72 Å². The average Bonchev–Trinajstić information content (AvgIpc) is 2.59. The Morgan fingerprint density at radius 2 is 1.54 bits per heavy atom. The first-order valence-electron chi connectivity index (χ1n) is 9.38. The first kappa shape index (κ1) is 22.8. The topological polar surface area (TPSA) is 101 Å². The van der Waals surface area contributed by atoms with Gasteiger partial charge in [0.1, 0.15) is 9.84 Å². The number of sulfonamides is 1. The van der Waals surface area contributed by atoms with E-state index in [0.717, 1.165) is 11.1 Å². The van der Waals surface area contributed by atoms with Crippen LogP contribution in [0.5, 0.6) is 0 Å². The minimum absolute atomic E-state index is 0.0129.